The van der Waals surface area contributed by atoms with Crippen LogP contribution in [-0.2, 0) is 4.74 Å². The third-order valence-corrected chi connectivity index (χ3v) is 4.26. The summed E-state index contributed by atoms with van der Waals surface area (Å²) in [6, 6.07) is 2.14. The van der Waals surface area contributed by atoms with E-state index in [9.17, 15) is 4.79 Å². The second kappa shape index (κ2) is 6.55. The van der Waals surface area contributed by atoms with Crippen molar-refractivity contribution in [3.63, 3.8) is 0 Å². The molecule has 1 aromatic rings. The van der Waals surface area contributed by atoms with Crippen molar-refractivity contribution < 1.29 is 9.53 Å². The molecule has 2 aliphatic heterocycles. The molecule has 0 aromatic carbocycles. The van der Waals surface area contributed by atoms with E-state index >= 15 is 0 Å². The van der Waals surface area contributed by atoms with Crippen molar-refractivity contribution in [2.75, 3.05) is 33.3 Å². The molecule has 2 aliphatic rings. The van der Waals surface area contributed by atoms with Gasteiger partial charge in [-0.3, -0.25) is 9.48 Å². The average molecular weight is 293 g/mol. The zero-order chi connectivity index (χ0) is 14.7. The van der Waals surface area contributed by atoms with Crippen LogP contribution >= 0.6 is 0 Å². The molecule has 2 saturated heterocycles. The first-order valence-electron chi connectivity index (χ1n) is 7.58. The average Bonchev–Trinajstić information content (AvgIpc) is 3.17. The van der Waals surface area contributed by atoms with Gasteiger partial charge in [0.05, 0.1) is 18.2 Å². The number of aromatic nitrogens is 2. The lowest BCUT2D eigenvalue weighted by atomic mass is 10.1. The highest BCUT2D eigenvalue weighted by Crippen LogP contribution is 2.15. The quantitative estimate of drug-likeness (QED) is 0.699. The van der Waals surface area contributed by atoms with Crippen LogP contribution < -0.4 is 16.0 Å². The molecular formula is C14H23N5O2. The van der Waals surface area contributed by atoms with Crippen LogP contribution in [0.2, 0.25) is 0 Å². The van der Waals surface area contributed by atoms with E-state index in [2.05, 4.69) is 21.0 Å². The Bertz CT molecular complexity index is 483. The van der Waals surface area contributed by atoms with Crippen molar-refractivity contribution in [2.24, 2.45) is 0 Å². The van der Waals surface area contributed by atoms with Gasteiger partial charge < -0.3 is 20.7 Å². The maximum absolute atomic E-state index is 12.3. The summed E-state index contributed by atoms with van der Waals surface area (Å²) in [5.74, 6) is -0.131. The van der Waals surface area contributed by atoms with Gasteiger partial charge in [-0.15, -0.1) is 0 Å². The summed E-state index contributed by atoms with van der Waals surface area (Å²) in [6.45, 7) is 3.49. The van der Waals surface area contributed by atoms with E-state index in [-0.39, 0.29) is 18.1 Å². The number of nitrogens with zero attached hydrogens (tertiary/aromatic N) is 2. The van der Waals surface area contributed by atoms with Crippen LogP contribution in [0.5, 0.6) is 0 Å². The van der Waals surface area contributed by atoms with E-state index in [4.69, 9.17) is 4.74 Å². The van der Waals surface area contributed by atoms with Gasteiger partial charge >= 0.3 is 0 Å². The fourth-order valence-corrected chi connectivity index (χ4v) is 3.01. The second-order valence-electron chi connectivity index (χ2n) is 5.69. The normalized spacial score (nSPS) is 29.5. The summed E-state index contributed by atoms with van der Waals surface area (Å²) in [4.78, 5) is 12.3. The molecule has 0 spiro atoms. The van der Waals surface area contributed by atoms with Crippen molar-refractivity contribution in [3.05, 3.63) is 18.0 Å². The second-order valence-corrected chi connectivity index (χ2v) is 5.69. The Hall–Kier alpha value is -1.44. The maximum Gasteiger partial charge on any atom is 0.272 e. The number of nitrogens with one attached hydrogen (secondary N) is 3. The molecule has 7 nitrogen and oxygen atoms in total. The Morgan fingerprint density at radius 3 is 3.10 bits per heavy atom. The molecule has 0 saturated carbocycles. The molecule has 21 heavy (non-hydrogen) atoms. The highest BCUT2D eigenvalue weighted by atomic mass is 16.5. The van der Waals surface area contributed by atoms with Crippen LogP contribution in [0.4, 0.5) is 0 Å². The van der Waals surface area contributed by atoms with Gasteiger partial charge in [-0.25, -0.2) is 0 Å². The number of hydrogen-bond donors (Lipinski definition) is 3. The summed E-state index contributed by atoms with van der Waals surface area (Å²) in [6.07, 6.45) is 4.18. The lowest BCUT2D eigenvalue weighted by Crippen LogP contribution is -2.43. The minimum Gasteiger partial charge on any atom is -0.378 e. The summed E-state index contributed by atoms with van der Waals surface area (Å²) in [7, 11) is 1.67. The number of hydrogen-bond acceptors (Lipinski definition) is 5. The summed E-state index contributed by atoms with van der Waals surface area (Å²) >= 11 is 0. The lowest BCUT2D eigenvalue weighted by Gasteiger charge is -2.23. The number of carbonyl (C=O) groups excluding carboxylic acids is 1. The molecule has 3 N–H and O–H groups in total. The van der Waals surface area contributed by atoms with Gasteiger partial charge in [-0.2, -0.15) is 5.10 Å². The van der Waals surface area contributed by atoms with Crippen LogP contribution in [0.15, 0.2) is 12.3 Å². The predicted octanol–water partition coefficient (Wildman–Crippen LogP) is -0.476. The minimum atomic E-state index is -0.131. The van der Waals surface area contributed by atoms with Gasteiger partial charge in [0.2, 0.25) is 0 Å². The Labute approximate surface area is 124 Å². The van der Waals surface area contributed by atoms with Gasteiger partial charge in [-0.1, -0.05) is 0 Å². The third kappa shape index (κ3) is 3.25. The molecular weight excluding hydrogens is 270 g/mol. The molecule has 3 heterocycles. The van der Waals surface area contributed by atoms with Crippen molar-refractivity contribution in [2.45, 2.75) is 31.0 Å². The topological polar surface area (TPSA) is 80.2 Å². The Kier molecular flexibility index (Phi) is 4.52. The number of rotatable bonds is 4. The van der Waals surface area contributed by atoms with Crippen LogP contribution in [-0.4, -0.2) is 61.1 Å². The Balaban J connectivity index is 1.61. The van der Waals surface area contributed by atoms with Crippen molar-refractivity contribution in [1.29, 1.82) is 0 Å². The summed E-state index contributed by atoms with van der Waals surface area (Å²) in [5.41, 5.74) is 0.474. The number of piperidine rings is 1. The molecule has 3 unspecified atom stereocenters. The first-order valence-corrected chi connectivity index (χ1v) is 7.58. The molecule has 2 fully saturated rings. The first-order chi connectivity index (χ1) is 10.3. The maximum atomic E-state index is 12.3. The van der Waals surface area contributed by atoms with Crippen LogP contribution in [0, 0.1) is 0 Å². The largest absolute Gasteiger partial charge is 0.378 e. The molecule has 0 radical (unpaired) electrons. The van der Waals surface area contributed by atoms with Crippen LogP contribution in [0.3, 0.4) is 0 Å². The number of methoxy groups -OCH3 is 1. The molecule has 3 rings (SSSR count). The summed E-state index contributed by atoms with van der Waals surface area (Å²) in [5, 5.41) is 14.0. The first kappa shape index (κ1) is 14.5. The minimum absolute atomic E-state index is 0.00370. The molecule has 0 aliphatic carbocycles. The molecule has 3 atom stereocenters. The van der Waals surface area contributed by atoms with Gasteiger partial charge in [0, 0.05) is 32.9 Å². The predicted molar refractivity (Wildman–Crippen MR) is 78.3 cm³/mol. The van der Waals surface area contributed by atoms with E-state index in [0.717, 1.165) is 39.0 Å². The number of amides is 1. The molecule has 1 amide bonds. The molecule has 116 valence electrons. The van der Waals surface area contributed by atoms with Gasteiger partial charge in [-0.05, 0) is 25.5 Å². The molecule has 1 aromatic heterocycles. The number of carbonyl (C=O) groups is 1. The highest BCUT2D eigenvalue weighted by molar-refractivity contribution is 5.92. The van der Waals surface area contributed by atoms with E-state index in [0.29, 0.717) is 11.7 Å². The van der Waals surface area contributed by atoms with Gasteiger partial charge in [0.25, 0.3) is 5.91 Å². The number of ether oxygens (including phenoxy) is 1. The highest BCUT2D eigenvalue weighted by Gasteiger charge is 2.29. The zero-order valence-electron chi connectivity index (χ0n) is 12.3. The molecule has 7 heteroatoms. The summed E-state index contributed by atoms with van der Waals surface area (Å²) < 4.78 is 7.25. The van der Waals surface area contributed by atoms with E-state index in [1.807, 2.05) is 10.9 Å². The monoisotopic (exact) mass is 293 g/mol. The third-order valence-electron chi connectivity index (χ3n) is 4.26. The fraction of sp³-hybridized carbons (Fsp3) is 0.714. The zero-order valence-corrected chi connectivity index (χ0v) is 12.3. The standard InChI is InChI=1S/C14H23N5O2/c1-21-13-9-16-8-12(13)17-14(20)11-4-6-19(18-11)10-3-2-5-15-7-10/h4,6,10,12-13,15-16H,2-3,5,7-9H2,1H3,(H,17,20). The van der Waals surface area contributed by atoms with Crippen LogP contribution in [0.1, 0.15) is 29.4 Å². The Morgan fingerprint density at radius 2 is 2.33 bits per heavy atom. The van der Waals surface area contributed by atoms with Crippen molar-refractivity contribution in [3.8, 4) is 0 Å². The van der Waals surface area contributed by atoms with Gasteiger partial charge in [0.1, 0.15) is 5.69 Å². The van der Waals surface area contributed by atoms with Crippen molar-refractivity contribution >= 4 is 5.91 Å². The fourth-order valence-electron chi connectivity index (χ4n) is 3.01. The van der Waals surface area contributed by atoms with Gasteiger partial charge in [0.15, 0.2) is 0 Å². The SMILES string of the molecule is COC1CNCC1NC(=O)c1ccn(C2CCCNC2)n1. The smallest absolute Gasteiger partial charge is 0.272 e. The lowest BCUT2D eigenvalue weighted by molar-refractivity contribution is 0.0775. The van der Waals surface area contributed by atoms with E-state index in [1.54, 1.807) is 13.2 Å². The van der Waals surface area contributed by atoms with Crippen molar-refractivity contribution in [1.82, 2.24) is 25.7 Å². The van der Waals surface area contributed by atoms with E-state index in [1.165, 1.54) is 0 Å². The molecule has 0 bridgehead atoms. The Morgan fingerprint density at radius 1 is 1.43 bits per heavy atom. The van der Waals surface area contributed by atoms with Crippen LogP contribution in [0.25, 0.3) is 0 Å². The van der Waals surface area contributed by atoms with E-state index < -0.39 is 0 Å².